The van der Waals surface area contributed by atoms with Crippen LogP contribution in [0.4, 0.5) is 0 Å². The number of nitrogens with zero attached hydrogens (tertiary/aromatic N) is 2. The third-order valence-corrected chi connectivity index (χ3v) is 3.20. The highest BCUT2D eigenvalue weighted by Crippen LogP contribution is 2.20. The van der Waals surface area contributed by atoms with Crippen LogP contribution in [0.1, 0.15) is 20.3 Å². The van der Waals surface area contributed by atoms with Crippen molar-refractivity contribution in [2.45, 2.75) is 32.4 Å². The van der Waals surface area contributed by atoms with Crippen molar-refractivity contribution >= 4 is 5.97 Å². The zero-order valence-electron chi connectivity index (χ0n) is 10.1. The smallest absolute Gasteiger partial charge is 0.321 e. The van der Waals surface area contributed by atoms with Crippen LogP contribution >= 0.6 is 0 Å². The van der Waals surface area contributed by atoms with Crippen LogP contribution in [0.2, 0.25) is 0 Å². The minimum absolute atomic E-state index is 0.170. The lowest BCUT2D eigenvalue weighted by Gasteiger charge is -2.28. The number of carboxylic acid groups (broad SMARTS) is 1. The lowest BCUT2D eigenvalue weighted by molar-refractivity contribution is -0.144. The lowest BCUT2D eigenvalue weighted by atomic mass is 10.0. The quantitative estimate of drug-likeness (QED) is 0.749. The molecule has 0 aromatic heterocycles. The Morgan fingerprint density at radius 1 is 1.47 bits per heavy atom. The Morgan fingerprint density at radius 3 is 2.40 bits per heavy atom. The Hall–Kier alpha value is -0.610. The predicted octanol–water partition coefficient (Wildman–Crippen LogP) is 0.731. The minimum atomic E-state index is -0.690. The van der Waals surface area contributed by atoms with E-state index in [2.05, 4.69) is 23.9 Å². The van der Waals surface area contributed by atoms with Gasteiger partial charge in [0.1, 0.15) is 6.04 Å². The van der Waals surface area contributed by atoms with Crippen LogP contribution in [0.3, 0.4) is 0 Å². The van der Waals surface area contributed by atoms with E-state index in [1.807, 2.05) is 13.8 Å². The molecule has 0 aromatic rings. The predicted molar refractivity (Wildman–Crippen MR) is 59.9 cm³/mol. The first-order chi connectivity index (χ1) is 6.93. The molecule has 1 heterocycles. The highest BCUT2D eigenvalue weighted by atomic mass is 16.4. The normalized spacial score (nSPS) is 25.1. The van der Waals surface area contributed by atoms with E-state index in [1.54, 1.807) is 0 Å². The first-order valence-electron chi connectivity index (χ1n) is 5.56. The van der Waals surface area contributed by atoms with Gasteiger partial charge in [-0.05, 0) is 26.4 Å². The van der Waals surface area contributed by atoms with E-state index in [1.165, 1.54) is 0 Å². The van der Waals surface area contributed by atoms with Crippen molar-refractivity contribution in [3.05, 3.63) is 0 Å². The third kappa shape index (κ3) is 2.92. The molecular weight excluding hydrogens is 192 g/mol. The third-order valence-electron chi connectivity index (χ3n) is 3.20. The van der Waals surface area contributed by atoms with Gasteiger partial charge in [0.15, 0.2) is 0 Å². The Kier molecular flexibility index (Phi) is 4.11. The van der Waals surface area contributed by atoms with Gasteiger partial charge in [0, 0.05) is 19.1 Å². The maximum Gasteiger partial charge on any atom is 0.321 e. The number of carbonyl (C=O) groups is 1. The van der Waals surface area contributed by atoms with Gasteiger partial charge in [0.25, 0.3) is 0 Å². The Bertz CT molecular complexity index is 229. The summed E-state index contributed by atoms with van der Waals surface area (Å²) in [5.74, 6) is -0.521. The summed E-state index contributed by atoms with van der Waals surface area (Å²) in [4.78, 5) is 15.4. The summed E-state index contributed by atoms with van der Waals surface area (Å²) in [6, 6.07) is 0.181. The van der Waals surface area contributed by atoms with Crippen LogP contribution in [-0.2, 0) is 4.79 Å². The summed E-state index contributed by atoms with van der Waals surface area (Å²) in [5, 5.41) is 9.17. The Labute approximate surface area is 91.9 Å². The molecule has 1 N–H and O–H groups in total. The second-order valence-corrected chi connectivity index (χ2v) is 4.93. The topological polar surface area (TPSA) is 43.8 Å². The molecule has 1 rings (SSSR count). The summed E-state index contributed by atoms with van der Waals surface area (Å²) < 4.78 is 0. The molecular formula is C11H22N2O2. The van der Waals surface area contributed by atoms with E-state index in [-0.39, 0.29) is 12.0 Å². The first kappa shape index (κ1) is 12.5. The molecule has 0 bridgehead atoms. The van der Waals surface area contributed by atoms with Crippen molar-refractivity contribution in [3.63, 3.8) is 0 Å². The Balaban J connectivity index is 2.61. The maximum atomic E-state index is 11.1. The van der Waals surface area contributed by atoms with Gasteiger partial charge in [-0.15, -0.1) is 0 Å². The standard InChI is InChI=1S/C11H22N2O2/c1-8(2)10(11(14)15)13-6-5-9(7-13)12(3)4/h8-10H,5-7H2,1-4H3,(H,14,15). The van der Waals surface area contributed by atoms with E-state index >= 15 is 0 Å². The molecule has 2 unspecified atom stereocenters. The highest BCUT2D eigenvalue weighted by molar-refractivity contribution is 5.73. The van der Waals surface area contributed by atoms with Gasteiger partial charge in [-0.2, -0.15) is 0 Å². The van der Waals surface area contributed by atoms with Crippen LogP contribution in [0.5, 0.6) is 0 Å². The molecule has 1 aliphatic rings. The second kappa shape index (κ2) is 4.94. The molecule has 88 valence electrons. The van der Waals surface area contributed by atoms with Crippen LogP contribution in [0.15, 0.2) is 0 Å². The fraction of sp³-hybridized carbons (Fsp3) is 0.909. The van der Waals surface area contributed by atoms with E-state index in [0.717, 1.165) is 19.5 Å². The summed E-state index contributed by atoms with van der Waals surface area (Å²) in [5.41, 5.74) is 0. The highest BCUT2D eigenvalue weighted by Gasteiger charge is 2.34. The van der Waals surface area contributed by atoms with Crippen LogP contribution in [0.25, 0.3) is 0 Å². The largest absolute Gasteiger partial charge is 0.480 e. The van der Waals surface area contributed by atoms with Crippen LogP contribution in [-0.4, -0.2) is 60.1 Å². The number of carboxylic acids is 1. The molecule has 0 aromatic carbocycles. The number of likely N-dealkylation sites (tertiary alicyclic amines) is 1. The van der Waals surface area contributed by atoms with Gasteiger partial charge in [-0.3, -0.25) is 9.69 Å². The average Bonchev–Trinajstić information content (AvgIpc) is 2.51. The molecule has 0 radical (unpaired) electrons. The Morgan fingerprint density at radius 2 is 2.07 bits per heavy atom. The van der Waals surface area contributed by atoms with Crippen molar-refractivity contribution in [2.75, 3.05) is 27.2 Å². The van der Waals surface area contributed by atoms with Gasteiger partial charge in [-0.1, -0.05) is 13.8 Å². The monoisotopic (exact) mass is 214 g/mol. The van der Waals surface area contributed by atoms with Gasteiger partial charge < -0.3 is 10.0 Å². The fourth-order valence-electron chi connectivity index (χ4n) is 2.31. The fourth-order valence-corrected chi connectivity index (χ4v) is 2.31. The first-order valence-corrected chi connectivity index (χ1v) is 5.56. The minimum Gasteiger partial charge on any atom is -0.480 e. The van der Waals surface area contributed by atoms with Crippen molar-refractivity contribution in [1.29, 1.82) is 0 Å². The summed E-state index contributed by atoms with van der Waals surface area (Å²) >= 11 is 0. The SMILES string of the molecule is CC(C)C(C(=O)O)N1CCC(N(C)C)C1. The number of likely N-dealkylation sites (N-methyl/N-ethyl adjacent to an activating group) is 1. The van der Waals surface area contributed by atoms with Crippen LogP contribution < -0.4 is 0 Å². The molecule has 2 atom stereocenters. The van der Waals surface area contributed by atoms with Crippen molar-refractivity contribution in [2.24, 2.45) is 5.92 Å². The summed E-state index contributed by atoms with van der Waals surface area (Å²) in [6.45, 7) is 5.73. The molecule has 4 heteroatoms. The molecule has 0 spiro atoms. The van der Waals surface area contributed by atoms with Gasteiger partial charge >= 0.3 is 5.97 Å². The number of hydrogen-bond acceptors (Lipinski definition) is 3. The van der Waals surface area contributed by atoms with E-state index in [4.69, 9.17) is 0 Å². The van der Waals surface area contributed by atoms with E-state index in [0.29, 0.717) is 6.04 Å². The van der Waals surface area contributed by atoms with Crippen molar-refractivity contribution < 1.29 is 9.90 Å². The summed E-state index contributed by atoms with van der Waals surface area (Å²) in [7, 11) is 4.11. The molecule has 0 amide bonds. The lowest BCUT2D eigenvalue weighted by Crippen LogP contribution is -2.44. The van der Waals surface area contributed by atoms with Gasteiger partial charge in [0.05, 0.1) is 0 Å². The zero-order valence-corrected chi connectivity index (χ0v) is 10.1. The molecule has 4 nitrogen and oxygen atoms in total. The van der Waals surface area contributed by atoms with Gasteiger partial charge in [-0.25, -0.2) is 0 Å². The number of hydrogen-bond donors (Lipinski definition) is 1. The number of aliphatic carboxylic acids is 1. The average molecular weight is 214 g/mol. The van der Waals surface area contributed by atoms with Crippen molar-refractivity contribution in [3.8, 4) is 0 Å². The molecule has 1 fully saturated rings. The van der Waals surface area contributed by atoms with E-state index < -0.39 is 5.97 Å². The van der Waals surface area contributed by atoms with Crippen molar-refractivity contribution in [1.82, 2.24) is 9.80 Å². The molecule has 0 saturated carbocycles. The summed E-state index contributed by atoms with van der Waals surface area (Å²) in [6.07, 6.45) is 1.07. The molecule has 0 aliphatic carbocycles. The van der Waals surface area contributed by atoms with Crippen LogP contribution in [0, 0.1) is 5.92 Å². The number of rotatable bonds is 4. The maximum absolute atomic E-state index is 11.1. The van der Waals surface area contributed by atoms with E-state index in [9.17, 15) is 9.90 Å². The molecule has 15 heavy (non-hydrogen) atoms. The van der Waals surface area contributed by atoms with Gasteiger partial charge in [0.2, 0.25) is 0 Å². The second-order valence-electron chi connectivity index (χ2n) is 4.93. The zero-order chi connectivity index (χ0) is 11.6. The molecule has 1 saturated heterocycles. The molecule has 1 aliphatic heterocycles.